The first kappa shape index (κ1) is 12.8. The number of aromatic nitrogens is 1. The zero-order chi connectivity index (χ0) is 13.9. The van der Waals surface area contributed by atoms with Crippen molar-refractivity contribution in [2.75, 3.05) is 7.05 Å². The van der Waals surface area contributed by atoms with Crippen LogP contribution in [0.3, 0.4) is 0 Å². The molecular formula is C16H14N2OS. The van der Waals surface area contributed by atoms with Crippen LogP contribution in [0.25, 0.3) is 10.9 Å². The summed E-state index contributed by atoms with van der Waals surface area (Å²) >= 11 is 1.66. The standard InChI is InChI=1S/C16H14N2OS/c1-18(11-12-5-4-10-20-12)16(19)14-6-2-8-15-13(14)7-3-9-17-15/h2-10H,11H2,1H3. The number of rotatable bonds is 3. The van der Waals surface area contributed by atoms with Gasteiger partial charge in [0.05, 0.1) is 12.1 Å². The number of nitrogens with zero attached hydrogens (tertiary/aromatic N) is 2. The zero-order valence-corrected chi connectivity index (χ0v) is 11.9. The largest absolute Gasteiger partial charge is 0.337 e. The highest BCUT2D eigenvalue weighted by molar-refractivity contribution is 7.09. The lowest BCUT2D eigenvalue weighted by molar-refractivity contribution is 0.0788. The van der Waals surface area contributed by atoms with Gasteiger partial charge in [-0.15, -0.1) is 11.3 Å². The molecule has 4 heteroatoms. The smallest absolute Gasteiger partial charge is 0.254 e. The van der Waals surface area contributed by atoms with Crippen LogP contribution >= 0.6 is 11.3 Å². The Kier molecular flexibility index (Phi) is 3.48. The van der Waals surface area contributed by atoms with Crippen molar-refractivity contribution < 1.29 is 4.79 Å². The Morgan fingerprint density at radius 3 is 2.90 bits per heavy atom. The molecule has 20 heavy (non-hydrogen) atoms. The molecule has 0 bridgehead atoms. The van der Waals surface area contributed by atoms with Crippen molar-refractivity contribution in [1.29, 1.82) is 0 Å². The number of amides is 1. The van der Waals surface area contributed by atoms with E-state index >= 15 is 0 Å². The third-order valence-electron chi connectivity index (χ3n) is 3.20. The molecule has 0 fully saturated rings. The first-order valence-corrected chi connectivity index (χ1v) is 7.25. The summed E-state index contributed by atoms with van der Waals surface area (Å²) < 4.78 is 0. The molecule has 0 unspecified atom stereocenters. The molecule has 3 aromatic rings. The fourth-order valence-corrected chi connectivity index (χ4v) is 2.96. The van der Waals surface area contributed by atoms with E-state index in [9.17, 15) is 4.79 Å². The van der Waals surface area contributed by atoms with Crippen LogP contribution in [0.4, 0.5) is 0 Å². The monoisotopic (exact) mass is 282 g/mol. The molecule has 0 aliphatic carbocycles. The fraction of sp³-hybridized carbons (Fsp3) is 0.125. The quantitative estimate of drug-likeness (QED) is 0.736. The molecule has 1 amide bonds. The van der Waals surface area contributed by atoms with Crippen molar-refractivity contribution >= 4 is 28.1 Å². The predicted molar refractivity (Wildman–Crippen MR) is 81.9 cm³/mol. The van der Waals surface area contributed by atoms with E-state index in [4.69, 9.17) is 0 Å². The lowest BCUT2D eigenvalue weighted by Crippen LogP contribution is -2.26. The highest BCUT2D eigenvalue weighted by Crippen LogP contribution is 2.19. The second kappa shape index (κ2) is 5.43. The lowest BCUT2D eigenvalue weighted by atomic mass is 10.1. The number of benzene rings is 1. The summed E-state index contributed by atoms with van der Waals surface area (Å²) in [5.41, 5.74) is 1.55. The SMILES string of the molecule is CN(Cc1cccs1)C(=O)c1cccc2ncccc12. The average molecular weight is 282 g/mol. The maximum absolute atomic E-state index is 12.6. The van der Waals surface area contributed by atoms with E-state index in [0.717, 1.165) is 10.9 Å². The van der Waals surface area contributed by atoms with Crippen molar-refractivity contribution in [3.63, 3.8) is 0 Å². The van der Waals surface area contributed by atoms with Crippen LogP contribution < -0.4 is 0 Å². The molecule has 0 spiro atoms. The van der Waals surface area contributed by atoms with Gasteiger partial charge in [0.25, 0.3) is 5.91 Å². The summed E-state index contributed by atoms with van der Waals surface area (Å²) in [6.07, 6.45) is 1.74. The van der Waals surface area contributed by atoms with Crippen molar-refractivity contribution in [3.8, 4) is 0 Å². The van der Waals surface area contributed by atoms with Gasteiger partial charge in [-0.1, -0.05) is 18.2 Å². The first-order valence-electron chi connectivity index (χ1n) is 6.37. The topological polar surface area (TPSA) is 33.2 Å². The van der Waals surface area contributed by atoms with Crippen LogP contribution in [0, 0.1) is 0 Å². The Hall–Kier alpha value is -2.20. The maximum atomic E-state index is 12.6. The third-order valence-corrected chi connectivity index (χ3v) is 4.06. The molecule has 0 atom stereocenters. The summed E-state index contributed by atoms with van der Waals surface area (Å²) in [4.78, 5) is 19.8. The molecule has 0 aliphatic heterocycles. The summed E-state index contributed by atoms with van der Waals surface area (Å²) in [6, 6.07) is 13.5. The van der Waals surface area contributed by atoms with Gasteiger partial charge in [0.15, 0.2) is 0 Å². The van der Waals surface area contributed by atoms with Crippen LogP contribution in [0.2, 0.25) is 0 Å². The minimum absolute atomic E-state index is 0.0250. The molecule has 3 rings (SSSR count). The minimum atomic E-state index is 0.0250. The Labute approximate surface area is 121 Å². The van der Waals surface area contributed by atoms with Gasteiger partial charge >= 0.3 is 0 Å². The summed E-state index contributed by atoms with van der Waals surface area (Å²) in [5.74, 6) is 0.0250. The molecule has 0 radical (unpaired) electrons. The van der Waals surface area contributed by atoms with Gasteiger partial charge in [0.1, 0.15) is 0 Å². The zero-order valence-electron chi connectivity index (χ0n) is 11.1. The lowest BCUT2D eigenvalue weighted by Gasteiger charge is -2.17. The number of thiophene rings is 1. The summed E-state index contributed by atoms with van der Waals surface area (Å²) in [7, 11) is 1.83. The van der Waals surface area contributed by atoms with E-state index in [1.165, 1.54) is 4.88 Å². The second-order valence-electron chi connectivity index (χ2n) is 4.62. The first-order chi connectivity index (χ1) is 9.75. The molecule has 2 aromatic heterocycles. The van der Waals surface area contributed by atoms with E-state index in [1.54, 1.807) is 22.4 Å². The number of carbonyl (C=O) groups excluding carboxylic acids is 1. The Morgan fingerprint density at radius 1 is 1.20 bits per heavy atom. The van der Waals surface area contributed by atoms with Gasteiger partial charge in [-0.3, -0.25) is 9.78 Å². The van der Waals surface area contributed by atoms with Crippen LogP contribution in [0.15, 0.2) is 54.0 Å². The molecule has 1 aromatic carbocycles. The van der Waals surface area contributed by atoms with Crippen LogP contribution in [-0.4, -0.2) is 22.8 Å². The highest BCUT2D eigenvalue weighted by Gasteiger charge is 2.15. The van der Waals surface area contributed by atoms with Gasteiger partial charge in [0, 0.05) is 29.1 Å². The highest BCUT2D eigenvalue weighted by atomic mass is 32.1. The number of carbonyl (C=O) groups is 1. The van der Waals surface area contributed by atoms with Crippen molar-refractivity contribution in [2.24, 2.45) is 0 Å². The van der Waals surface area contributed by atoms with E-state index in [1.807, 2.05) is 54.9 Å². The number of hydrogen-bond donors (Lipinski definition) is 0. The summed E-state index contributed by atoms with van der Waals surface area (Å²) in [5, 5.41) is 2.92. The van der Waals surface area contributed by atoms with Crippen LogP contribution in [-0.2, 0) is 6.54 Å². The van der Waals surface area contributed by atoms with E-state index in [0.29, 0.717) is 12.1 Å². The van der Waals surface area contributed by atoms with Crippen molar-refractivity contribution in [1.82, 2.24) is 9.88 Å². The molecule has 0 aliphatic rings. The maximum Gasteiger partial charge on any atom is 0.254 e. The Morgan fingerprint density at radius 2 is 2.10 bits per heavy atom. The van der Waals surface area contributed by atoms with E-state index in [-0.39, 0.29) is 5.91 Å². The van der Waals surface area contributed by atoms with Gasteiger partial charge in [-0.25, -0.2) is 0 Å². The van der Waals surface area contributed by atoms with Gasteiger partial charge < -0.3 is 4.90 Å². The third kappa shape index (κ3) is 2.42. The Balaban J connectivity index is 1.92. The molecule has 2 heterocycles. The molecule has 0 saturated heterocycles. The van der Waals surface area contributed by atoms with E-state index < -0.39 is 0 Å². The number of pyridine rings is 1. The molecular weight excluding hydrogens is 268 g/mol. The number of fused-ring (bicyclic) bond motifs is 1. The average Bonchev–Trinajstić information content (AvgIpc) is 2.99. The Bertz CT molecular complexity index is 732. The minimum Gasteiger partial charge on any atom is -0.337 e. The van der Waals surface area contributed by atoms with Gasteiger partial charge in [0.2, 0.25) is 0 Å². The number of hydrogen-bond acceptors (Lipinski definition) is 3. The van der Waals surface area contributed by atoms with Crippen LogP contribution in [0.1, 0.15) is 15.2 Å². The summed E-state index contributed by atoms with van der Waals surface area (Å²) in [6.45, 7) is 0.632. The molecule has 0 N–H and O–H groups in total. The fourth-order valence-electron chi connectivity index (χ4n) is 2.20. The van der Waals surface area contributed by atoms with Gasteiger partial charge in [-0.2, -0.15) is 0 Å². The molecule has 3 nitrogen and oxygen atoms in total. The van der Waals surface area contributed by atoms with Crippen molar-refractivity contribution in [3.05, 3.63) is 64.5 Å². The van der Waals surface area contributed by atoms with Crippen molar-refractivity contribution in [2.45, 2.75) is 6.54 Å². The van der Waals surface area contributed by atoms with Gasteiger partial charge in [-0.05, 0) is 29.6 Å². The normalized spacial score (nSPS) is 10.7. The molecule has 0 saturated carbocycles. The predicted octanol–water partition coefficient (Wildman–Crippen LogP) is 3.57. The van der Waals surface area contributed by atoms with E-state index in [2.05, 4.69) is 4.98 Å². The second-order valence-corrected chi connectivity index (χ2v) is 5.65. The van der Waals surface area contributed by atoms with Crippen LogP contribution in [0.5, 0.6) is 0 Å². The molecule has 100 valence electrons.